The first-order valence-corrected chi connectivity index (χ1v) is 13.6. The number of ether oxygens (including phenoxy) is 1. The third-order valence-corrected chi connectivity index (χ3v) is 8.78. The molecule has 31 heavy (non-hydrogen) atoms. The maximum Gasteiger partial charge on any atom is 0.407 e. The van der Waals surface area contributed by atoms with Gasteiger partial charge < -0.3 is 19.9 Å². The number of rotatable bonds is 7. The largest absolute Gasteiger partial charge is 0.448 e. The maximum absolute atomic E-state index is 12.9. The summed E-state index contributed by atoms with van der Waals surface area (Å²) in [6.07, 6.45) is 5.32. The van der Waals surface area contributed by atoms with Crippen molar-refractivity contribution in [2.75, 3.05) is 13.2 Å². The Morgan fingerprint density at radius 3 is 2.65 bits per heavy atom. The Balaban J connectivity index is 1.59. The van der Waals surface area contributed by atoms with Gasteiger partial charge in [-0.25, -0.2) is 17.9 Å². The van der Waals surface area contributed by atoms with E-state index in [0.717, 1.165) is 25.7 Å². The molecule has 12 heteroatoms. The minimum atomic E-state index is -3.78. The number of nitrogens with zero attached hydrogens (tertiary/aromatic N) is 1. The fraction of sp³-hybridized carbons (Fsp3) is 0.632. The molecule has 1 amide bonds. The number of carbonyl (C=O) groups excluding carboxylic acids is 1. The van der Waals surface area contributed by atoms with Gasteiger partial charge in [0.15, 0.2) is 0 Å². The Morgan fingerprint density at radius 1 is 1.26 bits per heavy atom. The van der Waals surface area contributed by atoms with Gasteiger partial charge >= 0.3 is 13.1 Å². The first kappa shape index (κ1) is 25.0. The predicted octanol–water partition coefficient (Wildman–Crippen LogP) is 3.10. The molecule has 1 aromatic rings. The first-order chi connectivity index (χ1) is 14.7. The van der Waals surface area contributed by atoms with Crippen LogP contribution in [-0.4, -0.2) is 62.7 Å². The molecule has 1 aliphatic carbocycles. The van der Waals surface area contributed by atoms with Crippen LogP contribution >= 0.6 is 31.9 Å². The van der Waals surface area contributed by atoms with Gasteiger partial charge in [0.25, 0.3) is 0 Å². The lowest BCUT2D eigenvalue weighted by Crippen LogP contribution is -2.45. The highest BCUT2D eigenvalue weighted by Gasteiger charge is 2.39. The van der Waals surface area contributed by atoms with Crippen LogP contribution < -0.4 is 10.0 Å². The van der Waals surface area contributed by atoms with Crippen LogP contribution in [0, 0.1) is 0 Å². The molecule has 1 aliphatic heterocycles. The van der Waals surface area contributed by atoms with E-state index in [1.54, 1.807) is 23.8 Å². The van der Waals surface area contributed by atoms with Crippen molar-refractivity contribution in [1.82, 2.24) is 14.8 Å². The van der Waals surface area contributed by atoms with Gasteiger partial charge in [-0.05, 0) is 60.2 Å². The molecule has 1 saturated carbocycles. The Kier molecular flexibility index (Phi) is 8.84. The molecule has 3 rings (SSSR count). The Bertz CT molecular complexity index is 883. The molecule has 1 saturated heterocycles. The van der Waals surface area contributed by atoms with E-state index in [2.05, 4.69) is 41.9 Å². The van der Waals surface area contributed by atoms with E-state index in [9.17, 15) is 18.2 Å². The van der Waals surface area contributed by atoms with Crippen LogP contribution in [0.3, 0.4) is 0 Å². The third-order valence-electron chi connectivity index (χ3n) is 5.78. The van der Waals surface area contributed by atoms with E-state index in [1.165, 1.54) is 12.5 Å². The van der Waals surface area contributed by atoms with Gasteiger partial charge in [-0.1, -0.05) is 35.2 Å². The average Bonchev–Trinajstić information content (AvgIpc) is 3.11. The number of halogens is 2. The lowest BCUT2D eigenvalue weighted by molar-refractivity contribution is 0.117. The van der Waals surface area contributed by atoms with Gasteiger partial charge in [0, 0.05) is 33.6 Å². The SMILES string of the molecule is CB(O)N1C[C@H](NS(=O)(=O)c2cc(Br)ccc2Br)C[C@@H]1COC(=O)NC1CCCCC1. The van der Waals surface area contributed by atoms with Crippen molar-refractivity contribution in [2.24, 2.45) is 0 Å². The number of hydrogen-bond acceptors (Lipinski definition) is 6. The van der Waals surface area contributed by atoms with Crippen LogP contribution in [0.15, 0.2) is 32.0 Å². The lowest BCUT2D eigenvalue weighted by atomic mass is 9.84. The van der Waals surface area contributed by atoms with Crippen LogP contribution in [-0.2, 0) is 14.8 Å². The zero-order chi connectivity index (χ0) is 22.6. The summed E-state index contributed by atoms with van der Waals surface area (Å²) < 4.78 is 35.0. The van der Waals surface area contributed by atoms with Crippen molar-refractivity contribution in [3.05, 3.63) is 27.1 Å². The van der Waals surface area contributed by atoms with E-state index >= 15 is 0 Å². The van der Waals surface area contributed by atoms with Gasteiger partial charge in [0.1, 0.15) is 6.61 Å². The zero-order valence-corrected chi connectivity index (χ0v) is 21.4. The molecule has 3 N–H and O–H groups in total. The second-order valence-corrected chi connectivity index (χ2v) is 11.6. The highest BCUT2D eigenvalue weighted by molar-refractivity contribution is 9.11. The number of nitrogens with one attached hydrogen (secondary N) is 2. The van der Waals surface area contributed by atoms with Crippen molar-refractivity contribution < 1.29 is 23.0 Å². The second-order valence-electron chi connectivity index (χ2n) is 8.19. The lowest BCUT2D eigenvalue weighted by Gasteiger charge is -2.26. The zero-order valence-electron chi connectivity index (χ0n) is 17.4. The summed E-state index contributed by atoms with van der Waals surface area (Å²) in [6.45, 7) is 2.03. The van der Waals surface area contributed by atoms with Gasteiger partial charge in [-0.3, -0.25) is 0 Å². The number of hydrogen-bond donors (Lipinski definition) is 3. The number of alkyl carbamates (subject to hydrolysis) is 1. The number of benzene rings is 1. The number of sulfonamides is 1. The molecule has 2 fully saturated rings. The maximum atomic E-state index is 12.9. The van der Waals surface area contributed by atoms with Crippen molar-refractivity contribution >= 4 is 55.0 Å². The highest BCUT2D eigenvalue weighted by atomic mass is 79.9. The fourth-order valence-corrected chi connectivity index (χ4v) is 6.98. The third kappa shape index (κ3) is 6.91. The summed E-state index contributed by atoms with van der Waals surface area (Å²) >= 11 is 6.59. The minimum absolute atomic E-state index is 0.0856. The van der Waals surface area contributed by atoms with Crippen LogP contribution in [0.1, 0.15) is 38.5 Å². The smallest absolute Gasteiger partial charge is 0.407 e. The van der Waals surface area contributed by atoms with E-state index in [4.69, 9.17) is 4.74 Å². The molecule has 172 valence electrons. The van der Waals surface area contributed by atoms with E-state index in [-0.39, 0.29) is 23.6 Å². The van der Waals surface area contributed by atoms with Crippen molar-refractivity contribution in [2.45, 2.75) is 68.4 Å². The Labute approximate surface area is 200 Å². The molecule has 1 aromatic carbocycles. The van der Waals surface area contributed by atoms with Gasteiger partial charge in [0.05, 0.1) is 4.90 Å². The fourth-order valence-electron chi connectivity index (χ4n) is 4.24. The predicted molar refractivity (Wildman–Crippen MR) is 126 cm³/mol. The van der Waals surface area contributed by atoms with Crippen molar-refractivity contribution in [1.29, 1.82) is 0 Å². The molecular weight excluding hydrogens is 553 g/mol. The molecule has 8 nitrogen and oxygen atoms in total. The van der Waals surface area contributed by atoms with E-state index in [1.807, 2.05) is 0 Å². The van der Waals surface area contributed by atoms with E-state index in [0.29, 0.717) is 21.9 Å². The molecule has 0 bridgehead atoms. The first-order valence-electron chi connectivity index (χ1n) is 10.5. The normalized spacial score (nSPS) is 23.0. The quantitative estimate of drug-likeness (QED) is 0.428. The molecule has 2 aliphatic rings. The molecule has 0 spiro atoms. The van der Waals surface area contributed by atoms with Crippen LogP contribution in [0.25, 0.3) is 0 Å². The Hall–Kier alpha value is -0.655. The molecule has 0 unspecified atom stereocenters. The standard InChI is InChI=1S/C19H28BBr2N3O5S/c1-20(27)25-11-15(24-31(28,29)18-9-13(21)7-8-17(18)22)10-16(25)12-30-19(26)23-14-5-3-2-4-6-14/h7-9,14-16,24,27H,2-6,10-12H2,1H3,(H,23,26)/t15-,16-/m1/s1. The summed E-state index contributed by atoms with van der Waals surface area (Å²) in [5, 5.41) is 13.0. The molecular formula is C19H28BBr2N3O5S. The topological polar surface area (TPSA) is 108 Å². The second kappa shape index (κ2) is 11.0. The summed E-state index contributed by atoms with van der Waals surface area (Å²) in [5.74, 6) is 0. The Morgan fingerprint density at radius 2 is 1.97 bits per heavy atom. The molecule has 0 aromatic heterocycles. The number of amides is 1. The summed E-state index contributed by atoms with van der Waals surface area (Å²) in [4.78, 5) is 14.1. The van der Waals surface area contributed by atoms with E-state index < -0.39 is 29.2 Å². The van der Waals surface area contributed by atoms with Crippen LogP contribution in [0.5, 0.6) is 0 Å². The van der Waals surface area contributed by atoms with Gasteiger partial charge in [-0.2, -0.15) is 0 Å². The van der Waals surface area contributed by atoms with Crippen molar-refractivity contribution in [3.8, 4) is 0 Å². The number of carbonyl (C=O) groups is 1. The molecule has 0 radical (unpaired) electrons. The van der Waals surface area contributed by atoms with Gasteiger partial charge in [0.2, 0.25) is 10.0 Å². The summed E-state index contributed by atoms with van der Waals surface area (Å²) in [7, 11) is -4.56. The van der Waals surface area contributed by atoms with Crippen LogP contribution in [0.4, 0.5) is 4.79 Å². The van der Waals surface area contributed by atoms with Crippen molar-refractivity contribution in [3.63, 3.8) is 0 Å². The monoisotopic (exact) mass is 579 g/mol. The summed E-state index contributed by atoms with van der Waals surface area (Å²) in [6, 6.07) is 4.40. The average molecular weight is 581 g/mol. The highest BCUT2D eigenvalue weighted by Crippen LogP contribution is 2.27. The van der Waals surface area contributed by atoms with Crippen LogP contribution in [0.2, 0.25) is 6.82 Å². The minimum Gasteiger partial charge on any atom is -0.448 e. The molecule has 2 atom stereocenters. The van der Waals surface area contributed by atoms with Gasteiger partial charge in [-0.15, -0.1) is 0 Å². The molecule has 1 heterocycles. The summed E-state index contributed by atoms with van der Waals surface area (Å²) in [5.41, 5.74) is 0.